The highest BCUT2D eigenvalue weighted by atomic mass is 35.6. The van der Waals surface area contributed by atoms with Crippen molar-refractivity contribution in [3.63, 3.8) is 0 Å². The molecule has 0 aromatic heterocycles. The van der Waals surface area contributed by atoms with Crippen LogP contribution in [0.1, 0.15) is 58.3 Å². The highest BCUT2D eigenvalue weighted by Gasteiger charge is 2.15. The minimum Gasteiger partial charge on any atom is -0.168 e. The fourth-order valence-corrected chi connectivity index (χ4v) is 3.17. The van der Waals surface area contributed by atoms with E-state index in [0.717, 1.165) is 0 Å². The zero-order chi connectivity index (χ0) is 10.9. The molecule has 2 heteroatoms. The van der Waals surface area contributed by atoms with Crippen molar-refractivity contribution in [3.8, 4) is 0 Å². The molecular formula is C12H27ClSi. The molecule has 0 aromatic carbocycles. The largest absolute Gasteiger partial charge is 0.168 e. The van der Waals surface area contributed by atoms with Gasteiger partial charge in [-0.2, -0.15) is 11.1 Å². The molecule has 0 bridgehead atoms. The van der Waals surface area contributed by atoms with Gasteiger partial charge in [-0.1, -0.05) is 71.4 Å². The van der Waals surface area contributed by atoms with Crippen molar-refractivity contribution in [1.29, 1.82) is 0 Å². The van der Waals surface area contributed by atoms with E-state index in [1.807, 2.05) is 0 Å². The zero-order valence-electron chi connectivity index (χ0n) is 10.2. The Morgan fingerprint density at radius 3 is 1.64 bits per heavy atom. The Morgan fingerprint density at radius 1 is 0.786 bits per heavy atom. The first-order chi connectivity index (χ1) is 6.56. The quantitative estimate of drug-likeness (QED) is 0.278. The molecule has 0 atom stereocenters. The lowest BCUT2D eigenvalue weighted by Gasteiger charge is -2.11. The third kappa shape index (κ3) is 12.5. The summed E-state index contributed by atoms with van der Waals surface area (Å²) in [6.07, 6.45) is 11.3. The highest BCUT2D eigenvalue weighted by molar-refractivity contribution is 7.19. The van der Waals surface area contributed by atoms with Crippen LogP contribution in [0.15, 0.2) is 0 Å². The molecule has 0 nitrogen and oxygen atoms in total. The van der Waals surface area contributed by atoms with Crippen LogP contribution in [0, 0.1) is 0 Å². The fraction of sp³-hybridized carbons (Fsp3) is 1.00. The number of hydrogen-bond acceptors (Lipinski definition) is 0. The number of hydrogen-bond donors (Lipinski definition) is 0. The Bertz CT molecular complexity index is 118. The van der Waals surface area contributed by atoms with Crippen LogP contribution in [0.5, 0.6) is 0 Å². The Morgan fingerprint density at radius 2 is 1.21 bits per heavy atom. The van der Waals surface area contributed by atoms with Crippen molar-refractivity contribution in [2.45, 2.75) is 77.4 Å². The van der Waals surface area contributed by atoms with Gasteiger partial charge in [0.1, 0.15) is 7.38 Å². The molecule has 0 aliphatic rings. The fourth-order valence-electron chi connectivity index (χ4n) is 1.68. The van der Waals surface area contributed by atoms with E-state index >= 15 is 0 Å². The van der Waals surface area contributed by atoms with E-state index < -0.39 is 7.38 Å². The topological polar surface area (TPSA) is 0 Å². The maximum Gasteiger partial charge on any atom is 0.150 e. The molecule has 0 saturated carbocycles. The minimum atomic E-state index is -1.27. The van der Waals surface area contributed by atoms with Gasteiger partial charge < -0.3 is 0 Å². The molecule has 0 rings (SSSR count). The lowest BCUT2D eigenvalue weighted by atomic mass is 10.1. The van der Waals surface area contributed by atoms with Crippen LogP contribution in [0.4, 0.5) is 0 Å². The maximum atomic E-state index is 6.25. The van der Waals surface area contributed by atoms with Crippen LogP contribution in [0.2, 0.25) is 19.1 Å². The van der Waals surface area contributed by atoms with Gasteiger partial charge in [-0.25, -0.2) is 0 Å². The molecule has 0 amide bonds. The Kier molecular flexibility index (Phi) is 9.10. The second-order valence-corrected chi connectivity index (χ2v) is 12.0. The number of unbranched alkanes of at least 4 members (excludes halogenated alkanes) is 7. The summed E-state index contributed by atoms with van der Waals surface area (Å²) in [5, 5.41) is 0. The molecule has 86 valence electrons. The van der Waals surface area contributed by atoms with Gasteiger partial charge in [-0.05, 0) is 6.04 Å². The van der Waals surface area contributed by atoms with Crippen molar-refractivity contribution in [2.75, 3.05) is 0 Å². The average Bonchev–Trinajstić information content (AvgIpc) is 2.08. The van der Waals surface area contributed by atoms with Gasteiger partial charge in [-0.15, -0.1) is 0 Å². The Balaban J connectivity index is 2.99. The minimum absolute atomic E-state index is 1.27. The van der Waals surface area contributed by atoms with Gasteiger partial charge in [0.05, 0.1) is 0 Å². The van der Waals surface area contributed by atoms with Crippen molar-refractivity contribution in [3.05, 3.63) is 0 Å². The van der Waals surface area contributed by atoms with Crippen LogP contribution < -0.4 is 0 Å². The van der Waals surface area contributed by atoms with E-state index in [0.29, 0.717) is 0 Å². The highest BCUT2D eigenvalue weighted by Crippen LogP contribution is 2.19. The number of halogens is 1. The maximum absolute atomic E-state index is 6.25. The molecule has 0 spiro atoms. The summed E-state index contributed by atoms with van der Waals surface area (Å²) in [5.41, 5.74) is 0. The first-order valence-corrected chi connectivity index (χ1v) is 10.5. The van der Waals surface area contributed by atoms with Crippen LogP contribution in [-0.4, -0.2) is 7.38 Å². The predicted octanol–water partition coefficient (Wildman–Crippen LogP) is 5.57. The van der Waals surface area contributed by atoms with Gasteiger partial charge >= 0.3 is 0 Å². The van der Waals surface area contributed by atoms with Crippen LogP contribution >= 0.6 is 11.1 Å². The standard InChI is InChI=1S/C12H27ClSi/c1-4-5-6-7-8-9-10-11-12-14(2,3)13/h4-12H2,1-3H3. The molecule has 0 fully saturated rings. The van der Waals surface area contributed by atoms with E-state index in [9.17, 15) is 0 Å². The third-order valence-corrected chi connectivity index (χ3v) is 4.73. The van der Waals surface area contributed by atoms with Gasteiger partial charge in [-0.3, -0.25) is 0 Å². The van der Waals surface area contributed by atoms with Gasteiger partial charge in [0.15, 0.2) is 0 Å². The second-order valence-electron chi connectivity index (χ2n) is 4.94. The Labute approximate surface area is 96.1 Å². The molecule has 14 heavy (non-hydrogen) atoms. The molecule has 0 aliphatic carbocycles. The van der Waals surface area contributed by atoms with Gasteiger partial charge in [0.25, 0.3) is 0 Å². The average molecular weight is 235 g/mol. The molecule has 0 saturated heterocycles. The van der Waals surface area contributed by atoms with E-state index in [1.54, 1.807) is 0 Å². The summed E-state index contributed by atoms with van der Waals surface area (Å²) in [5.74, 6) is 0. The normalized spacial score (nSPS) is 12.0. The summed E-state index contributed by atoms with van der Waals surface area (Å²) in [6.45, 7) is 6.76. The van der Waals surface area contributed by atoms with Crippen molar-refractivity contribution >= 4 is 18.5 Å². The molecular weight excluding hydrogens is 208 g/mol. The first-order valence-electron chi connectivity index (χ1n) is 6.25. The monoisotopic (exact) mass is 234 g/mol. The van der Waals surface area contributed by atoms with E-state index in [2.05, 4.69) is 20.0 Å². The molecule has 0 heterocycles. The van der Waals surface area contributed by atoms with Gasteiger partial charge in [0.2, 0.25) is 0 Å². The molecule has 0 aliphatic heterocycles. The predicted molar refractivity (Wildman–Crippen MR) is 70.8 cm³/mol. The summed E-state index contributed by atoms with van der Waals surface area (Å²) >= 11 is 6.25. The lowest BCUT2D eigenvalue weighted by molar-refractivity contribution is 0.584. The molecule has 0 unspecified atom stereocenters. The smallest absolute Gasteiger partial charge is 0.150 e. The summed E-state index contributed by atoms with van der Waals surface area (Å²) in [6, 6.07) is 1.30. The van der Waals surface area contributed by atoms with Crippen LogP contribution in [0.3, 0.4) is 0 Å². The van der Waals surface area contributed by atoms with E-state index in [4.69, 9.17) is 11.1 Å². The second kappa shape index (κ2) is 8.79. The Hall–Kier alpha value is 0.507. The zero-order valence-corrected chi connectivity index (χ0v) is 12.0. The summed E-state index contributed by atoms with van der Waals surface area (Å²) in [7, 11) is -1.27. The van der Waals surface area contributed by atoms with Crippen LogP contribution in [-0.2, 0) is 0 Å². The lowest BCUT2D eigenvalue weighted by Crippen LogP contribution is -2.14. The van der Waals surface area contributed by atoms with Crippen LogP contribution in [0.25, 0.3) is 0 Å². The van der Waals surface area contributed by atoms with Crippen molar-refractivity contribution < 1.29 is 0 Å². The third-order valence-electron chi connectivity index (χ3n) is 2.62. The van der Waals surface area contributed by atoms with Gasteiger partial charge in [0, 0.05) is 0 Å². The first kappa shape index (κ1) is 14.5. The molecule has 0 N–H and O–H groups in total. The van der Waals surface area contributed by atoms with E-state index in [1.165, 1.54) is 57.4 Å². The molecule has 0 aromatic rings. The van der Waals surface area contributed by atoms with E-state index in [-0.39, 0.29) is 0 Å². The summed E-state index contributed by atoms with van der Waals surface area (Å²) < 4.78 is 0. The summed E-state index contributed by atoms with van der Waals surface area (Å²) in [4.78, 5) is 0. The molecule has 0 radical (unpaired) electrons. The van der Waals surface area contributed by atoms with Crippen molar-refractivity contribution in [2.24, 2.45) is 0 Å². The number of rotatable bonds is 9. The van der Waals surface area contributed by atoms with Crippen molar-refractivity contribution in [1.82, 2.24) is 0 Å². The SMILES string of the molecule is CCCCCCCCCC[Si](C)(C)Cl.